The van der Waals surface area contributed by atoms with Gasteiger partial charge in [-0.25, -0.2) is 13.1 Å². The molecule has 3 aromatic rings. The number of nitrogens with one attached hydrogen (secondary N) is 1. The average Bonchev–Trinajstić information content (AvgIpc) is 3.45. The second-order valence-corrected chi connectivity index (χ2v) is 10.6. The van der Waals surface area contributed by atoms with Crippen molar-refractivity contribution in [1.82, 2.24) is 19.5 Å². The number of rotatable bonds is 9. The highest BCUT2D eigenvalue weighted by Gasteiger charge is 2.29. The Hall–Kier alpha value is -2.13. The Balaban J connectivity index is 1.68. The zero-order chi connectivity index (χ0) is 23.4. The van der Waals surface area contributed by atoms with Crippen LogP contribution in [-0.2, 0) is 23.0 Å². The third kappa shape index (κ3) is 5.69. The number of aromatic nitrogens is 3. The van der Waals surface area contributed by atoms with E-state index < -0.39 is 16.1 Å². The van der Waals surface area contributed by atoms with E-state index >= 15 is 0 Å². The Morgan fingerprint density at radius 3 is 2.48 bits per heavy atom. The van der Waals surface area contributed by atoms with E-state index in [-0.39, 0.29) is 21.0 Å². The third-order valence-corrected chi connectivity index (χ3v) is 7.94. The van der Waals surface area contributed by atoms with Gasteiger partial charge in [0, 0.05) is 6.54 Å². The molecule has 4 rings (SSSR count). The van der Waals surface area contributed by atoms with Gasteiger partial charge in [0.2, 0.25) is 10.0 Å². The number of benzene rings is 2. The quantitative estimate of drug-likeness (QED) is 0.429. The molecule has 1 aliphatic carbocycles. The summed E-state index contributed by atoms with van der Waals surface area (Å²) >= 11 is 12.0. The number of ether oxygens (including phenoxy) is 1. The summed E-state index contributed by atoms with van der Waals surface area (Å²) in [6.07, 6.45) is 4.76. The van der Waals surface area contributed by atoms with Crippen LogP contribution >= 0.6 is 23.2 Å². The van der Waals surface area contributed by atoms with Crippen molar-refractivity contribution in [2.75, 3.05) is 0 Å². The van der Waals surface area contributed by atoms with Crippen molar-refractivity contribution in [3.8, 4) is 6.01 Å². The van der Waals surface area contributed by atoms with Crippen molar-refractivity contribution < 1.29 is 13.2 Å². The maximum Gasteiger partial charge on any atom is 0.317 e. The van der Waals surface area contributed by atoms with Crippen LogP contribution in [0.15, 0.2) is 53.4 Å². The van der Waals surface area contributed by atoms with Gasteiger partial charge >= 0.3 is 6.01 Å². The summed E-state index contributed by atoms with van der Waals surface area (Å²) in [5.74, 6) is 0.498. The van der Waals surface area contributed by atoms with Crippen molar-refractivity contribution in [2.45, 2.75) is 62.6 Å². The fourth-order valence-corrected chi connectivity index (χ4v) is 5.61. The molecule has 0 unspecified atom stereocenters. The first-order valence-corrected chi connectivity index (χ1v) is 13.2. The third-order valence-electron chi connectivity index (χ3n) is 5.73. The van der Waals surface area contributed by atoms with Gasteiger partial charge in [-0.05, 0) is 62.8 Å². The average molecular weight is 509 g/mol. The molecule has 1 aromatic heterocycles. The summed E-state index contributed by atoms with van der Waals surface area (Å²) in [5.41, 5.74) is 0.961. The predicted octanol–water partition coefficient (Wildman–Crippen LogP) is 5.19. The van der Waals surface area contributed by atoms with Crippen molar-refractivity contribution in [3.63, 3.8) is 0 Å². The zero-order valence-corrected chi connectivity index (χ0v) is 20.6. The van der Waals surface area contributed by atoms with Gasteiger partial charge in [-0.2, -0.15) is 0 Å². The van der Waals surface area contributed by atoms with Crippen LogP contribution in [0.5, 0.6) is 6.01 Å². The molecule has 2 aromatic carbocycles. The van der Waals surface area contributed by atoms with E-state index in [0.717, 1.165) is 31.2 Å². The van der Waals surface area contributed by atoms with Crippen LogP contribution in [0.25, 0.3) is 0 Å². The fraction of sp³-hybridized carbons (Fsp3) is 0.391. The molecule has 0 aliphatic heterocycles. The van der Waals surface area contributed by atoms with Crippen LogP contribution in [0.2, 0.25) is 10.0 Å². The van der Waals surface area contributed by atoms with Gasteiger partial charge in [0.15, 0.2) is 5.82 Å². The number of halogens is 2. The smallest absolute Gasteiger partial charge is 0.317 e. The van der Waals surface area contributed by atoms with E-state index in [2.05, 4.69) is 14.9 Å². The summed E-state index contributed by atoms with van der Waals surface area (Å²) < 4.78 is 37.2. The number of sulfonamides is 1. The van der Waals surface area contributed by atoms with Gasteiger partial charge in [0.1, 0.15) is 6.10 Å². The molecular formula is C23H26Cl2N4O3S. The minimum Gasteiger partial charge on any atom is -0.460 e. The maximum atomic E-state index is 13.3. The number of nitrogens with zero attached hydrogens (tertiary/aromatic N) is 3. The standard InChI is InChI=1S/C23H26Cl2N4O3S/c1-2-29-22(26-27-23(29)32-17-10-6-7-11-17)21(14-16-8-4-3-5-9-16)28-33(30,31)18-12-13-19(24)20(25)15-18/h3-5,8-9,12-13,15,17,21,28H,2,6-7,10-11,14H2,1H3/t21-/m1/s1. The molecule has 33 heavy (non-hydrogen) atoms. The van der Waals surface area contributed by atoms with E-state index in [1.807, 2.05) is 41.8 Å². The SMILES string of the molecule is CCn1c(OC2CCCC2)nnc1[C@@H](Cc1ccccc1)NS(=O)(=O)c1ccc(Cl)c(Cl)c1. The van der Waals surface area contributed by atoms with Gasteiger partial charge in [0.25, 0.3) is 0 Å². The van der Waals surface area contributed by atoms with E-state index in [4.69, 9.17) is 27.9 Å². The number of hydrogen-bond acceptors (Lipinski definition) is 5. The lowest BCUT2D eigenvalue weighted by Gasteiger charge is -2.20. The normalized spacial score (nSPS) is 15.6. The minimum atomic E-state index is -3.92. The Morgan fingerprint density at radius 2 is 1.82 bits per heavy atom. The largest absolute Gasteiger partial charge is 0.460 e. The molecular weight excluding hydrogens is 483 g/mol. The van der Waals surface area contributed by atoms with Crippen LogP contribution in [0.4, 0.5) is 0 Å². The Morgan fingerprint density at radius 1 is 1.09 bits per heavy atom. The number of hydrogen-bond donors (Lipinski definition) is 1. The Labute approximate surface area is 204 Å². The van der Waals surface area contributed by atoms with E-state index in [1.165, 1.54) is 18.2 Å². The zero-order valence-electron chi connectivity index (χ0n) is 18.2. The molecule has 7 nitrogen and oxygen atoms in total. The van der Waals surface area contributed by atoms with Crippen LogP contribution in [0, 0.1) is 0 Å². The molecule has 10 heteroatoms. The van der Waals surface area contributed by atoms with E-state index in [1.54, 1.807) is 0 Å². The van der Waals surface area contributed by atoms with Gasteiger partial charge in [-0.3, -0.25) is 4.57 Å². The second-order valence-electron chi connectivity index (χ2n) is 8.05. The van der Waals surface area contributed by atoms with Crippen LogP contribution in [0.1, 0.15) is 50.0 Å². The molecule has 0 amide bonds. The van der Waals surface area contributed by atoms with Crippen LogP contribution in [-0.4, -0.2) is 29.3 Å². The lowest BCUT2D eigenvalue weighted by Crippen LogP contribution is -2.32. The molecule has 176 valence electrons. The molecule has 0 saturated heterocycles. The first kappa shape index (κ1) is 24.0. The van der Waals surface area contributed by atoms with Crippen molar-refractivity contribution in [1.29, 1.82) is 0 Å². The van der Waals surface area contributed by atoms with E-state index in [0.29, 0.717) is 24.8 Å². The summed E-state index contributed by atoms with van der Waals surface area (Å²) in [4.78, 5) is 0.0277. The Kier molecular flexibility index (Phi) is 7.58. The lowest BCUT2D eigenvalue weighted by atomic mass is 10.1. The Bertz CT molecular complexity index is 1200. The predicted molar refractivity (Wildman–Crippen MR) is 128 cm³/mol. The summed E-state index contributed by atoms with van der Waals surface area (Å²) in [7, 11) is -3.92. The fourth-order valence-electron chi connectivity index (χ4n) is 4.03. The van der Waals surface area contributed by atoms with Crippen LogP contribution < -0.4 is 9.46 Å². The highest BCUT2D eigenvalue weighted by molar-refractivity contribution is 7.89. The monoisotopic (exact) mass is 508 g/mol. The molecule has 0 bridgehead atoms. The van der Waals surface area contributed by atoms with E-state index in [9.17, 15) is 8.42 Å². The lowest BCUT2D eigenvalue weighted by molar-refractivity contribution is 0.182. The summed E-state index contributed by atoms with van der Waals surface area (Å²) in [5, 5.41) is 9.07. The van der Waals surface area contributed by atoms with Crippen LogP contribution in [0.3, 0.4) is 0 Å². The molecule has 0 radical (unpaired) electrons. The minimum absolute atomic E-state index is 0.0277. The van der Waals surface area contributed by atoms with Gasteiger partial charge < -0.3 is 4.74 Å². The molecule has 1 heterocycles. The second kappa shape index (κ2) is 10.4. The van der Waals surface area contributed by atoms with Gasteiger partial charge in [0.05, 0.1) is 21.0 Å². The summed E-state index contributed by atoms with van der Waals surface area (Å²) in [6.45, 7) is 2.51. The topological polar surface area (TPSA) is 86.1 Å². The van der Waals surface area contributed by atoms with Crippen molar-refractivity contribution in [2.24, 2.45) is 0 Å². The molecule has 1 atom stereocenters. The van der Waals surface area contributed by atoms with Crippen molar-refractivity contribution in [3.05, 3.63) is 70.0 Å². The van der Waals surface area contributed by atoms with Crippen molar-refractivity contribution >= 4 is 33.2 Å². The summed E-state index contributed by atoms with van der Waals surface area (Å²) in [6, 6.07) is 13.6. The first-order valence-electron chi connectivity index (χ1n) is 11.0. The van der Waals surface area contributed by atoms with Gasteiger partial charge in [-0.15, -0.1) is 5.10 Å². The molecule has 1 fully saturated rings. The van der Waals surface area contributed by atoms with Gasteiger partial charge in [-0.1, -0.05) is 58.6 Å². The molecule has 1 saturated carbocycles. The molecule has 1 N–H and O–H groups in total. The highest BCUT2D eigenvalue weighted by atomic mass is 35.5. The highest BCUT2D eigenvalue weighted by Crippen LogP contribution is 2.29. The first-order chi connectivity index (χ1) is 15.9. The molecule has 1 aliphatic rings. The molecule has 0 spiro atoms. The maximum absolute atomic E-state index is 13.3.